The Labute approximate surface area is 151 Å². The average Bonchev–Trinajstić information content (AvgIpc) is 2.65. The molecular weight excluding hydrogens is 362 g/mol. The second-order valence-corrected chi connectivity index (χ2v) is 8.66. The molecular formula is C19H18BF4OP. The van der Waals surface area contributed by atoms with Gasteiger partial charge in [-0.3, -0.25) is 12.9 Å². The number of rotatable bonds is 4. The van der Waals surface area contributed by atoms with Crippen LogP contribution in [0.15, 0.2) is 91.0 Å². The zero-order valence-electron chi connectivity index (χ0n) is 13.9. The van der Waals surface area contributed by atoms with Crippen LogP contribution in [0, 0.1) is 0 Å². The Morgan fingerprint density at radius 1 is 0.615 bits per heavy atom. The van der Waals surface area contributed by atoms with Crippen LogP contribution in [0.4, 0.5) is 12.9 Å². The standard InChI is InChI=1S/C19H18OP.BF3.FH/c20-16-21(17-10-4-1-5-11-17,18-12-6-2-7-13-18)19-14-8-3-9-15-19;2-1(3)4;/h1-15,20H,16H2;;1H/q+1;;/p-1. The first-order valence-electron chi connectivity index (χ1n) is 7.69. The number of hydrogen-bond donors (Lipinski definition) is 1. The van der Waals surface area contributed by atoms with Crippen LogP contribution in [0.5, 0.6) is 0 Å². The minimum atomic E-state index is -3.67. The summed E-state index contributed by atoms with van der Waals surface area (Å²) in [5.74, 6) is 0. The quantitative estimate of drug-likeness (QED) is 0.404. The van der Waals surface area contributed by atoms with Gasteiger partial charge in [-0.25, -0.2) is 0 Å². The minimum absolute atomic E-state index is 0. The molecule has 7 heteroatoms. The van der Waals surface area contributed by atoms with E-state index in [0.29, 0.717) is 0 Å². The molecule has 0 unspecified atom stereocenters. The largest absolute Gasteiger partial charge is 1.00 e. The third-order valence-corrected chi connectivity index (χ3v) is 7.77. The van der Waals surface area contributed by atoms with Crippen molar-refractivity contribution >= 4 is 30.7 Å². The smallest absolute Gasteiger partial charge is 0.762 e. The Kier molecular flexibility index (Phi) is 9.04. The van der Waals surface area contributed by atoms with Gasteiger partial charge in [-0.15, -0.1) is 0 Å². The van der Waals surface area contributed by atoms with Crippen molar-refractivity contribution in [2.24, 2.45) is 0 Å². The van der Waals surface area contributed by atoms with E-state index in [4.69, 9.17) is 0 Å². The van der Waals surface area contributed by atoms with Crippen LogP contribution in [0.2, 0.25) is 0 Å². The molecule has 0 atom stereocenters. The van der Waals surface area contributed by atoms with Crippen molar-refractivity contribution in [3.8, 4) is 0 Å². The lowest BCUT2D eigenvalue weighted by atomic mass is 10.4. The Morgan fingerprint density at radius 3 is 1.04 bits per heavy atom. The molecule has 0 fully saturated rings. The zero-order chi connectivity index (χ0) is 18.1. The van der Waals surface area contributed by atoms with Crippen LogP contribution in [0.1, 0.15) is 0 Å². The highest BCUT2D eigenvalue weighted by Crippen LogP contribution is 2.54. The monoisotopic (exact) mass is 380 g/mol. The molecule has 136 valence electrons. The molecule has 3 aromatic carbocycles. The second kappa shape index (κ2) is 10.7. The van der Waals surface area contributed by atoms with Crippen LogP contribution in [0.25, 0.3) is 0 Å². The van der Waals surface area contributed by atoms with Crippen LogP contribution < -0.4 is 20.6 Å². The topological polar surface area (TPSA) is 20.2 Å². The molecule has 0 heterocycles. The van der Waals surface area contributed by atoms with Gasteiger partial charge in [-0.05, 0) is 36.4 Å². The number of aliphatic hydroxyl groups excluding tert-OH is 1. The summed E-state index contributed by atoms with van der Waals surface area (Å²) >= 11 is 0. The van der Waals surface area contributed by atoms with Gasteiger partial charge >= 0.3 is 7.54 Å². The van der Waals surface area contributed by atoms with Gasteiger partial charge < -0.3 is 9.81 Å². The van der Waals surface area contributed by atoms with E-state index in [2.05, 4.69) is 36.4 Å². The molecule has 1 nitrogen and oxygen atoms in total. The van der Waals surface area contributed by atoms with Gasteiger partial charge in [0.1, 0.15) is 23.2 Å². The van der Waals surface area contributed by atoms with Gasteiger partial charge in [-0.1, -0.05) is 54.6 Å². The van der Waals surface area contributed by atoms with E-state index in [-0.39, 0.29) is 11.1 Å². The minimum Gasteiger partial charge on any atom is -1.00 e. The van der Waals surface area contributed by atoms with Crippen molar-refractivity contribution in [1.29, 1.82) is 0 Å². The number of hydrogen-bond acceptors (Lipinski definition) is 1. The third kappa shape index (κ3) is 5.17. The lowest BCUT2D eigenvalue weighted by molar-refractivity contribution is -0.00000846. The molecule has 0 aliphatic rings. The Bertz CT molecular complexity index is 646. The molecule has 0 spiro atoms. The summed E-state index contributed by atoms with van der Waals surface area (Å²) in [4.78, 5) is 0. The molecule has 0 aliphatic carbocycles. The number of halogens is 4. The van der Waals surface area contributed by atoms with Gasteiger partial charge in [0.25, 0.3) is 0 Å². The summed E-state index contributed by atoms with van der Waals surface area (Å²) in [6, 6.07) is 31.1. The Hall–Kier alpha value is -2.17. The average molecular weight is 380 g/mol. The zero-order valence-corrected chi connectivity index (χ0v) is 14.7. The molecule has 3 rings (SSSR count). The van der Waals surface area contributed by atoms with Gasteiger partial charge in [0.2, 0.25) is 0 Å². The van der Waals surface area contributed by atoms with E-state index in [1.54, 1.807) is 0 Å². The van der Waals surface area contributed by atoms with Gasteiger partial charge in [0.15, 0.2) is 6.35 Å². The fourth-order valence-electron chi connectivity index (χ4n) is 2.74. The Morgan fingerprint density at radius 2 is 0.846 bits per heavy atom. The first kappa shape index (κ1) is 21.9. The van der Waals surface area contributed by atoms with Gasteiger partial charge in [-0.2, -0.15) is 0 Å². The highest BCUT2D eigenvalue weighted by atomic mass is 31.2. The predicted octanol–water partition coefficient (Wildman–Crippen LogP) is 0.814. The lowest BCUT2D eigenvalue weighted by Gasteiger charge is -2.25. The van der Waals surface area contributed by atoms with E-state index < -0.39 is 14.8 Å². The van der Waals surface area contributed by atoms with Crippen molar-refractivity contribution in [1.82, 2.24) is 0 Å². The maximum absolute atomic E-state index is 10.4. The van der Waals surface area contributed by atoms with Crippen LogP contribution >= 0.6 is 7.26 Å². The molecule has 26 heavy (non-hydrogen) atoms. The first-order chi connectivity index (χ1) is 12.1. The van der Waals surface area contributed by atoms with Crippen molar-refractivity contribution in [3.63, 3.8) is 0 Å². The summed E-state index contributed by atoms with van der Waals surface area (Å²) in [5, 5.41) is 14.0. The molecule has 0 bridgehead atoms. The molecule has 0 aromatic heterocycles. The lowest BCUT2D eigenvalue weighted by Crippen LogP contribution is -3.00. The van der Waals surface area contributed by atoms with Crippen molar-refractivity contribution in [3.05, 3.63) is 91.0 Å². The normalized spacial score (nSPS) is 10.2. The molecule has 0 aliphatic heterocycles. The maximum atomic E-state index is 10.4. The highest BCUT2D eigenvalue weighted by Gasteiger charge is 2.44. The fraction of sp³-hybridized carbons (Fsp3) is 0.0526. The number of aliphatic hydroxyl groups is 1. The highest BCUT2D eigenvalue weighted by molar-refractivity contribution is 7.95. The molecule has 0 amide bonds. The molecule has 0 radical (unpaired) electrons. The first-order valence-corrected chi connectivity index (χ1v) is 9.66. The molecule has 0 saturated carbocycles. The van der Waals surface area contributed by atoms with Crippen LogP contribution in [-0.4, -0.2) is 19.0 Å². The predicted molar refractivity (Wildman–Crippen MR) is 101 cm³/mol. The third-order valence-electron chi connectivity index (χ3n) is 3.80. The van der Waals surface area contributed by atoms with Crippen molar-refractivity contribution in [2.45, 2.75) is 0 Å². The molecule has 0 saturated heterocycles. The summed E-state index contributed by atoms with van der Waals surface area (Å²) in [7, 11) is -5.65. The van der Waals surface area contributed by atoms with Crippen LogP contribution in [-0.2, 0) is 0 Å². The van der Waals surface area contributed by atoms with E-state index in [0.717, 1.165) is 0 Å². The van der Waals surface area contributed by atoms with Gasteiger partial charge in [0.05, 0.1) is 0 Å². The van der Waals surface area contributed by atoms with Crippen molar-refractivity contribution in [2.75, 3.05) is 6.35 Å². The Balaban J connectivity index is 0.000000616. The second-order valence-electron chi connectivity index (χ2n) is 5.21. The van der Waals surface area contributed by atoms with E-state index in [9.17, 15) is 18.1 Å². The van der Waals surface area contributed by atoms with E-state index in [1.807, 2.05) is 54.6 Å². The summed E-state index contributed by atoms with van der Waals surface area (Å²) in [6.07, 6.45) is 0.144. The van der Waals surface area contributed by atoms with Gasteiger partial charge in [0, 0.05) is 0 Å². The van der Waals surface area contributed by atoms with Crippen LogP contribution in [0.3, 0.4) is 0 Å². The SMILES string of the molecule is FB(F)F.OC[P+](c1ccccc1)(c1ccccc1)c1ccccc1.[F-]. The molecule has 1 N–H and O–H groups in total. The summed E-state index contributed by atoms with van der Waals surface area (Å²) < 4.78 is 29.0. The fourth-order valence-corrected chi connectivity index (χ4v) is 6.17. The summed E-state index contributed by atoms with van der Waals surface area (Å²) in [5.41, 5.74) is 0. The van der Waals surface area contributed by atoms with Crippen molar-refractivity contribution < 1.29 is 22.8 Å². The van der Waals surface area contributed by atoms with E-state index >= 15 is 0 Å². The molecule has 3 aromatic rings. The summed E-state index contributed by atoms with van der Waals surface area (Å²) in [6.45, 7) is 0. The van der Waals surface area contributed by atoms with E-state index in [1.165, 1.54) is 15.9 Å². The number of benzene rings is 3. The maximum Gasteiger partial charge on any atom is 0.762 e.